The summed E-state index contributed by atoms with van der Waals surface area (Å²) in [4.78, 5) is 20.2. The molecule has 0 atom stereocenters. The van der Waals surface area contributed by atoms with Gasteiger partial charge in [-0.1, -0.05) is 40.0 Å². The van der Waals surface area contributed by atoms with Crippen molar-refractivity contribution in [2.45, 2.75) is 72.4 Å². The van der Waals surface area contributed by atoms with E-state index in [1.165, 1.54) is 13.2 Å². The lowest BCUT2D eigenvalue weighted by Crippen LogP contribution is -2.36. The van der Waals surface area contributed by atoms with Crippen molar-refractivity contribution >= 4 is 17.5 Å². The van der Waals surface area contributed by atoms with Crippen LogP contribution >= 0.6 is 0 Å². The van der Waals surface area contributed by atoms with E-state index in [9.17, 15) is 18.0 Å². The molecule has 0 unspecified atom stereocenters. The molecular weight excluding hydrogens is 407 g/mol. The number of carbonyl (C=O) groups excluding carboxylic acids is 1. The molecule has 1 aromatic heterocycles. The summed E-state index contributed by atoms with van der Waals surface area (Å²) in [5, 5.41) is 2.84. The number of amides is 1. The van der Waals surface area contributed by atoms with Crippen molar-refractivity contribution in [2.24, 2.45) is 10.9 Å². The van der Waals surface area contributed by atoms with E-state index < -0.39 is 11.9 Å². The van der Waals surface area contributed by atoms with Gasteiger partial charge in [-0.3, -0.25) is 9.78 Å². The smallest absolute Gasteiger partial charge is 0.433 e. The summed E-state index contributed by atoms with van der Waals surface area (Å²) in [5.74, 6) is 0.210. The van der Waals surface area contributed by atoms with Gasteiger partial charge in [0, 0.05) is 17.7 Å². The second-order valence-corrected chi connectivity index (χ2v) is 7.17. The Hall–Kier alpha value is -2.38. The van der Waals surface area contributed by atoms with Crippen LogP contribution in [0, 0.1) is 5.92 Å². The second-order valence-electron chi connectivity index (χ2n) is 7.17. The molecule has 1 aromatic rings. The van der Waals surface area contributed by atoms with Gasteiger partial charge in [-0.15, -0.1) is 0 Å². The number of aromatic nitrogens is 1. The number of halogens is 3. The molecule has 31 heavy (non-hydrogen) atoms. The van der Waals surface area contributed by atoms with E-state index in [4.69, 9.17) is 4.74 Å². The standard InChI is InChI=1S/C21H28F3N3O2.C2H6/c1-4-14(2)19(16-10-11-25-17(12-16)21(22,23)24)27-18(29-3)13-26-20(28)15-8-6-5-7-9-15;1-2/h10-12,15H,4-9,13H2,1-3H3,(H,26,28);1-2H3. The highest BCUT2D eigenvalue weighted by Crippen LogP contribution is 2.31. The topological polar surface area (TPSA) is 63.6 Å². The zero-order valence-corrected chi connectivity index (χ0v) is 19.1. The Labute approximate surface area is 183 Å². The lowest BCUT2D eigenvalue weighted by molar-refractivity contribution is -0.141. The zero-order valence-electron chi connectivity index (χ0n) is 19.1. The van der Waals surface area contributed by atoms with E-state index >= 15 is 0 Å². The predicted molar refractivity (Wildman–Crippen MR) is 118 cm³/mol. The molecule has 0 radical (unpaired) electrons. The summed E-state index contributed by atoms with van der Waals surface area (Å²) < 4.78 is 44.4. The van der Waals surface area contributed by atoms with Gasteiger partial charge in [0.2, 0.25) is 11.8 Å². The Bertz CT molecular complexity index is 768. The van der Waals surface area contributed by atoms with Gasteiger partial charge in [-0.25, -0.2) is 4.99 Å². The molecule has 1 amide bonds. The van der Waals surface area contributed by atoms with Gasteiger partial charge in [0.1, 0.15) is 5.69 Å². The normalized spacial score (nSPS) is 16.1. The number of pyridine rings is 1. The third kappa shape index (κ3) is 8.34. The largest absolute Gasteiger partial charge is 0.483 e. The molecule has 0 bridgehead atoms. The Morgan fingerprint density at radius 3 is 2.45 bits per heavy atom. The van der Waals surface area contributed by atoms with Crippen LogP contribution in [0.4, 0.5) is 13.2 Å². The maximum atomic E-state index is 13.0. The monoisotopic (exact) mass is 441 g/mol. The molecule has 1 aliphatic rings. The van der Waals surface area contributed by atoms with Crippen LogP contribution in [0.2, 0.25) is 0 Å². The predicted octanol–water partition coefficient (Wildman–Crippen LogP) is 6.01. The quantitative estimate of drug-likeness (QED) is 0.434. The summed E-state index contributed by atoms with van der Waals surface area (Å²) in [7, 11) is 1.43. The number of nitrogens with zero attached hydrogens (tertiary/aromatic N) is 2. The number of hydrogen-bond acceptors (Lipinski definition) is 4. The first-order valence-corrected chi connectivity index (χ1v) is 10.9. The summed E-state index contributed by atoms with van der Waals surface area (Å²) in [6, 6.07) is 2.47. The molecule has 5 nitrogen and oxygen atoms in total. The van der Waals surface area contributed by atoms with Gasteiger partial charge in [0.15, 0.2) is 0 Å². The number of ether oxygens (including phenoxy) is 1. The van der Waals surface area contributed by atoms with E-state index in [-0.39, 0.29) is 24.3 Å². The van der Waals surface area contributed by atoms with Crippen LogP contribution in [0.15, 0.2) is 28.9 Å². The van der Waals surface area contributed by atoms with E-state index in [1.807, 2.05) is 20.8 Å². The van der Waals surface area contributed by atoms with Crippen LogP contribution < -0.4 is 5.32 Å². The SMILES string of the molecule is CC.CCC(C)=C(N=C(CNC(=O)C1CCCCC1)OC)c1ccnc(C(F)(F)F)c1. The first-order valence-electron chi connectivity index (χ1n) is 10.9. The summed E-state index contributed by atoms with van der Waals surface area (Å²) in [6.45, 7) is 7.79. The maximum absolute atomic E-state index is 13.0. The van der Waals surface area contributed by atoms with Crippen LogP contribution in [-0.4, -0.2) is 30.4 Å². The van der Waals surface area contributed by atoms with Gasteiger partial charge in [0.05, 0.1) is 19.4 Å². The zero-order chi connectivity index (χ0) is 23.4. The number of nitrogens with one attached hydrogen (secondary N) is 1. The average molecular weight is 442 g/mol. The van der Waals surface area contributed by atoms with E-state index in [0.717, 1.165) is 49.9 Å². The fourth-order valence-corrected chi connectivity index (χ4v) is 3.26. The molecular formula is C23H34F3N3O2. The van der Waals surface area contributed by atoms with Crippen molar-refractivity contribution in [3.8, 4) is 0 Å². The summed E-state index contributed by atoms with van der Waals surface area (Å²) in [5.41, 5.74) is 0.526. The highest BCUT2D eigenvalue weighted by molar-refractivity contribution is 5.89. The molecule has 1 N–H and O–H groups in total. The maximum Gasteiger partial charge on any atom is 0.433 e. The van der Waals surface area contributed by atoms with E-state index in [0.29, 0.717) is 17.7 Å². The lowest BCUT2D eigenvalue weighted by atomic mass is 9.89. The number of hydrogen-bond donors (Lipinski definition) is 1. The van der Waals surface area contributed by atoms with Crippen molar-refractivity contribution in [2.75, 3.05) is 13.7 Å². The van der Waals surface area contributed by atoms with E-state index in [2.05, 4.69) is 15.3 Å². The molecule has 0 aromatic carbocycles. The molecule has 1 heterocycles. The Balaban J connectivity index is 0.00000233. The average Bonchev–Trinajstić information content (AvgIpc) is 2.80. The first kappa shape index (κ1) is 26.7. The molecule has 0 aliphatic heterocycles. The van der Waals surface area contributed by atoms with Crippen LogP contribution in [0.3, 0.4) is 0 Å². The summed E-state index contributed by atoms with van der Waals surface area (Å²) in [6.07, 6.45) is 2.20. The Kier molecular flexibility index (Phi) is 11.3. The fraction of sp³-hybridized carbons (Fsp3) is 0.609. The minimum Gasteiger partial charge on any atom is -0.483 e. The molecule has 8 heteroatoms. The second kappa shape index (κ2) is 13.1. The molecule has 1 saturated carbocycles. The number of allylic oxidation sites excluding steroid dienone is 1. The van der Waals surface area contributed by atoms with E-state index in [1.54, 1.807) is 6.92 Å². The third-order valence-corrected chi connectivity index (χ3v) is 5.12. The number of rotatable bonds is 6. The fourth-order valence-electron chi connectivity index (χ4n) is 3.26. The number of alkyl halides is 3. The number of aliphatic imine (C=N–C) groups is 1. The van der Waals surface area contributed by atoms with Crippen molar-refractivity contribution in [1.29, 1.82) is 0 Å². The molecule has 0 spiro atoms. The van der Waals surface area contributed by atoms with Crippen molar-refractivity contribution in [1.82, 2.24) is 10.3 Å². The Morgan fingerprint density at radius 1 is 1.26 bits per heavy atom. The van der Waals surface area contributed by atoms with Gasteiger partial charge in [-0.2, -0.15) is 13.2 Å². The van der Waals surface area contributed by atoms with Gasteiger partial charge in [0.25, 0.3) is 0 Å². The third-order valence-electron chi connectivity index (χ3n) is 5.12. The van der Waals surface area contributed by atoms with Crippen molar-refractivity contribution < 1.29 is 22.7 Å². The number of carbonyl (C=O) groups is 1. The first-order chi connectivity index (χ1) is 14.8. The minimum atomic E-state index is -4.54. The van der Waals surface area contributed by atoms with Crippen LogP contribution in [-0.2, 0) is 15.7 Å². The number of methoxy groups -OCH3 is 1. The van der Waals surface area contributed by atoms with Crippen LogP contribution in [0.5, 0.6) is 0 Å². The van der Waals surface area contributed by atoms with Gasteiger partial charge in [-0.05, 0) is 43.9 Å². The van der Waals surface area contributed by atoms with Crippen molar-refractivity contribution in [3.63, 3.8) is 0 Å². The Morgan fingerprint density at radius 2 is 1.90 bits per heavy atom. The molecule has 1 fully saturated rings. The molecule has 174 valence electrons. The lowest BCUT2D eigenvalue weighted by Gasteiger charge is -2.21. The minimum absolute atomic E-state index is 0.00351. The molecule has 2 rings (SSSR count). The van der Waals surface area contributed by atoms with Crippen LogP contribution in [0.1, 0.15) is 77.5 Å². The van der Waals surface area contributed by atoms with Crippen LogP contribution in [0.25, 0.3) is 5.70 Å². The molecule has 1 aliphatic carbocycles. The van der Waals surface area contributed by atoms with Gasteiger partial charge < -0.3 is 10.1 Å². The summed E-state index contributed by atoms with van der Waals surface area (Å²) >= 11 is 0. The highest BCUT2D eigenvalue weighted by Gasteiger charge is 2.32. The van der Waals surface area contributed by atoms with Gasteiger partial charge >= 0.3 is 6.18 Å². The highest BCUT2D eigenvalue weighted by atomic mass is 19.4. The molecule has 0 saturated heterocycles. The van der Waals surface area contributed by atoms with Crippen molar-refractivity contribution in [3.05, 3.63) is 35.2 Å².